The number of aliphatic hydroxyl groups excluding tert-OH is 1. The highest BCUT2D eigenvalue weighted by molar-refractivity contribution is 7.99. The van der Waals surface area contributed by atoms with E-state index in [1.807, 2.05) is 11.8 Å². The van der Waals surface area contributed by atoms with Gasteiger partial charge in [-0.05, 0) is 37.0 Å². The Hall–Kier alpha value is 0.270. The lowest BCUT2D eigenvalue weighted by molar-refractivity contribution is 0.147. The zero-order valence-electron chi connectivity index (χ0n) is 12.4. The molecule has 3 atom stereocenters. The van der Waals surface area contributed by atoms with Gasteiger partial charge in [-0.15, -0.1) is 0 Å². The first-order valence-corrected chi connectivity index (χ1v) is 7.83. The molecule has 17 heavy (non-hydrogen) atoms. The maximum atomic E-state index is 9.06. The van der Waals surface area contributed by atoms with Crippen molar-refractivity contribution in [2.75, 3.05) is 19.4 Å². The lowest BCUT2D eigenvalue weighted by Crippen LogP contribution is -2.40. The van der Waals surface area contributed by atoms with E-state index >= 15 is 0 Å². The van der Waals surface area contributed by atoms with Gasteiger partial charge < -0.3 is 10.4 Å². The van der Waals surface area contributed by atoms with E-state index in [-0.39, 0.29) is 5.41 Å². The predicted octanol–water partition coefficient (Wildman–Crippen LogP) is 3.15. The molecule has 0 fully saturated rings. The quantitative estimate of drug-likeness (QED) is 0.669. The van der Waals surface area contributed by atoms with Gasteiger partial charge in [-0.3, -0.25) is 0 Å². The van der Waals surface area contributed by atoms with Crippen LogP contribution in [0.1, 0.15) is 47.5 Å². The average molecular weight is 261 g/mol. The minimum Gasteiger partial charge on any atom is -0.396 e. The average Bonchev–Trinajstić information content (AvgIpc) is 2.26. The van der Waals surface area contributed by atoms with E-state index in [2.05, 4.69) is 47.0 Å². The fourth-order valence-corrected chi connectivity index (χ4v) is 3.22. The molecule has 0 saturated carbocycles. The van der Waals surface area contributed by atoms with Gasteiger partial charge in [0.15, 0.2) is 0 Å². The fourth-order valence-electron chi connectivity index (χ4n) is 2.23. The van der Waals surface area contributed by atoms with Crippen molar-refractivity contribution in [1.82, 2.24) is 5.32 Å². The zero-order valence-corrected chi connectivity index (χ0v) is 13.2. The van der Waals surface area contributed by atoms with Gasteiger partial charge in [0, 0.05) is 17.9 Å². The topological polar surface area (TPSA) is 32.3 Å². The molecular weight excluding hydrogens is 230 g/mol. The number of aliphatic hydroxyl groups is 1. The highest BCUT2D eigenvalue weighted by Gasteiger charge is 2.30. The van der Waals surface area contributed by atoms with Gasteiger partial charge in [-0.25, -0.2) is 0 Å². The highest BCUT2D eigenvalue weighted by Crippen LogP contribution is 2.35. The molecule has 2 nitrogen and oxygen atoms in total. The zero-order chi connectivity index (χ0) is 13.5. The standard InChI is InChI=1S/C14H31NOS/c1-7-17-12(3)13(15-6)10-14(4,5)11(2)8-9-16/h11-13,15-16H,7-10H2,1-6H3. The maximum Gasteiger partial charge on any atom is 0.0433 e. The summed E-state index contributed by atoms with van der Waals surface area (Å²) >= 11 is 2.02. The summed E-state index contributed by atoms with van der Waals surface area (Å²) in [5.74, 6) is 1.73. The Morgan fingerprint density at radius 1 is 1.29 bits per heavy atom. The van der Waals surface area contributed by atoms with Crippen molar-refractivity contribution in [2.45, 2.75) is 58.8 Å². The largest absolute Gasteiger partial charge is 0.396 e. The molecule has 0 bridgehead atoms. The van der Waals surface area contributed by atoms with Gasteiger partial charge in [0.1, 0.15) is 0 Å². The van der Waals surface area contributed by atoms with Crippen LogP contribution in [0, 0.1) is 11.3 Å². The molecule has 0 rings (SSSR count). The molecule has 0 radical (unpaired) electrons. The van der Waals surface area contributed by atoms with Gasteiger partial charge in [0.2, 0.25) is 0 Å². The van der Waals surface area contributed by atoms with Crippen molar-refractivity contribution in [2.24, 2.45) is 11.3 Å². The lowest BCUT2D eigenvalue weighted by atomic mass is 9.73. The Morgan fingerprint density at radius 3 is 2.29 bits per heavy atom. The molecule has 0 aliphatic heterocycles. The molecule has 3 unspecified atom stereocenters. The number of nitrogens with one attached hydrogen (secondary N) is 1. The number of hydrogen-bond donors (Lipinski definition) is 2. The molecule has 0 spiro atoms. The Balaban J connectivity index is 4.42. The first-order chi connectivity index (χ1) is 7.88. The SMILES string of the molecule is CCSC(C)C(CC(C)(C)C(C)CCO)NC. The van der Waals surface area contributed by atoms with E-state index in [1.54, 1.807) is 0 Å². The van der Waals surface area contributed by atoms with Gasteiger partial charge in [-0.2, -0.15) is 11.8 Å². The van der Waals surface area contributed by atoms with E-state index in [9.17, 15) is 0 Å². The highest BCUT2D eigenvalue weighted by atomic mass is 32.2. The first-order valence-electron chi connectivity index (χ1n) is 6.78. The second-order valence-electron chi connectivity index (χ2n) is 5.66. The molecule has 0 amide bonds. The Morgan fingerprint density at radius 2 is 1.88 bits per heavy atom. The summed E-state index contributed by atoms with van der Waals surface area (Å²) in [5, 5.41) is 13.2. The maximum absolute atomic E-state index is 9.06. The third kappa shape index (κ3) is 6.12. The minimum absolute atomic E-state index is 0.277. The molecule has 0 aromatic rings. The van der Waals surface area contributed by atoms with Crippen molar-refractivity contribution in [3.8, 4) is 0 Å². The third-order valence-corrected chi connectivity index (χ3v) is 5.20. The number of rotatable bonds is 9. The molecular formula is C14H31NOS. The lowest BCUT2D eigenvalue weighted by Gasteiger charge is -2.37. The van der Waals surface area contributed by atoms with Crippen LogP contribution in [0.4, 0.5) is 0 Å². The van der Waals surface area contributed by atoms with Crippen molar-refractivity contribution in [1.29, 1.82) is 0 Å². The van der Waals surface area contributed by atoms with E-state index in [0.717, 1.165) is 6.42 Å². The Labute approximate surface area is 112 Å². The summed E-state index contributed by atoms with van der Waals surface area (Å²) in [5.41, 5.74) is 0.277. The summed E-state index contributed by atoms with van der Waals surface area (Å²) in [4.78, 5) is 0. The summed E-state index contributed by atoms with van der Waals surface area (Å²) < 4.78 is 0. The Bertz CT molecular complexity index is 197. The molecule has 0 aliphatic rings. The summed E-state index contributed by atoms with van der Waals surface area (Å²) in [6.07, 6.45) is 2.07. The van der Waals surface area contributed by atoms with Crippen LogP contribution in [-0.4, -0.2) is 35.8 Å². The van der Waals surface area contributed by atoms with Gasteiger partial charge >= 0.3 is 0 Å². The van der Waals surface area contributed by atoms with Crippen LogP contribution < -0.4 is 5.32 Å². The summed E-state index contributed by atoms with van der Waals surface area (Å²) in [6, 6.07) is 0.552. The molecule has 104 valence electrons. The second kappa shape index (κ2) is 8.39. The Kier molecular flexibility index (Phi) is 8.52. The van der Waals surface area contributed by atoms with Crippen molar-refractivity contribution in [3.63, 3.8) is 0 Å². The smallest absolute Gasteiger partial charge is 0.0433 e. The molecule has 2 N–H and O–H groups in total. The monoisotopic (exact) mass is 261 g/mol. The van der Waals surface area contributed by atoms with E-state index in [1.165, 1.54) is 12.2 Å². The molecule has 0 aromatic carbocycles. The van der Waals surface area contributed by atoms with E-state index < -0.39 is 0 Å². The third-order valence-electron chi connectivity index (χ3n) is 4.01. The van der Waals surface area contributed by atoms with Gasteiger partial charge in [0.05, 0.1) is 0 Å². The predicted molar refractivity (Wildman–Crippen MR) is 79.7 cm³/mol. The second-order valence-corrected chi connectivity index (χ2v) is 7.32. The number of thioether (sulfide) groups is 1. The van der Waals surface area contributed by atoms with Crippen LogP contribution >= 0.6 is 11.8 Å². The summed E-state index contributed by atoms with van der Waals surface area (Å²) in [7, 11) is 2.06. The fraction of sp³-hybridized carbons (Fsp3) is 1.00. The van der Waals surface area contributed by atoms with Crippen LogP contribution in [0.15, 0.2) is 0 Å². The van der Waals surface area contributed by atoms with E-state index in [4.69, 9.17) is 5.11 Å². The number of hydrogen-bond acceptors (Lipinski definition) is 3. The molecule has 0 aliphatic carbocycles. The summed E-state index contributed by atoms with van der Waals surface area (Å²) in [6.45, 7) is 11.7. The van der Waals surface area contributed by atoms with Crippen LogP contribution in [0.3, 0.4) is 0 Å². The molecule has 3 heteroatoms. The normalized spacial score (nSPS) is 17.8. The molecule has 0 aromatic heterocycles. The van der Waals surface area contributed by atoms with Crippen LogP contribution in [-0.2, 0) is 0 Å². The van der Waals surface area contributed by atoms with Crippen LogP contribution in [0.2, 0.25) is 0 Å². The van der Waals surface area contributed by atoms with Crippen molar-refractivity contribution < 1.29 is 5.11 Å². The van der Waals surface area contributed by atoms with Crippen LogP contribution in [0.5, 0.6) is 0 Å². The molecule has 0 heterocycles. The first kappa shape index (κ1) is 17.3. The van der Waals surface area contributed by atoms with Crippen LogP contribution in [0.25, 0.3) is 0 Å². The minimum atomic E-state index is 0.277. The van der Waals surface area contributed by atoms with Gasteiger partial charge in [-0.1, -0.05) is 34.6 Å². The van der Waals surface area contributed by atoms with Gasteiger partial charge in [0.25, 0.3) is 0 Å². The van der Waals surface area contributed by atoms with E-state index in [0.29, 0.717) is 23.8 Å². The molecule has 0 saturated heterocycles. The van der Waals surface area contributed by atoms with Crippen molar-refractivity contribution >= 4 is 11.8 Å². The van der Waals surface area contributed by atoms with Crippen molar-refractivity contribution in [3.05, 3.63) is 0 Å².